The molecule has 0 saturated carbocycles. The molecule has 0 amide bonds. The van der Waals surface area contributed by atoms with Crippen LogP contribution in [0.15, 0.2) is 0 Å². The van der Waals surface area contributed by atoms with Crippen molar-refractivity contribution in [2.75, 3.05) is 11.9 Å². The Kier molecular flexibility index (Phi) is 6.52. The molecular formula is C15H26N4O2. The lowest BCUT2D eigenvalue weighted by Crippen LogP contribution is -2.19. The molecule has 6 heteroatoms. The number of hydrogen-bond donors (Lipinski definition) is 2. The zero-order valence-electron chi connectivity index (χ0n) is 13.4. The number of aliphatic carboxylic acids is 1. The zero-order valence-corrected chi connectivity index (χ0v) is 13.4. The first-order chi connectivity index (χ1) is 9.88. The molecule has 0 aliphatic heterocycles. The van der Waals surface area contributed by atoms with Gasteiger partial charge in [-0.3, -0.25) is 4.79 Å². The maximum atomic E-state index is 10.6. The Morgan fingerprint density at radius 1 is 1.14 bits per heavy atom. The summed E-state index contributed by atoms with van der Waals surface area (Å²) < 4.78 is 0. The summed E-state index contributed by atoms with van der Waals surface area (Å²) >= 11 is 0. The van der Waals surface area contributed by atoms with Crippen LogP contribution in [0.4, 0.5) is 5.95 Å². The van der Waals surface area contributed by atoms with Gasteiger partial charge in [0.15, 0.2) is 0 Å². The number of rotatable bonds is 9. The fourth-order valence-electron chi connectivity index (χ4n) is 2.10. The minimum absolute atomic E-state index is 0.0181. The first kappa shape index (κ1) is 17.3. The monoisotopic (exact) mass is 294 g/mol. The molecule has 1 aromatic heterocycles. The molecule has 1 aromatic rings. The Labute approximate surface area is 126 Å². The van der Waals surface area contributed by atoms with Crippen molar-refractivity contribution >= 4 is 11.9 Å². The normalized spacial score (nSPS) is 11.4. The van der Waals surface area contributed by atoms with Crippen LogP contribution in [-0.4, -0.2) is 32.8 Å². The van der Waals surface area contributed by atoms with Gasteiger partial charge in [0.1, 0.15) is 0 Å². The summed E-state index contributed by atoms with van der Waals surface area (Å²) in [6.07, 6.45) is 3.41. The maximum absolute atomic E-state index is 10.6. The second kappa shape index (κ2) is 7.90. The number of anilines is 1. The van der Waals surface area contributed by atoms with Crippen LogP contribution in [0.1, 0.15) is 58.3 Å². The van der Waals surface area contributed by atoms with Gasteiger partial charge in [-0.25, -0.2) is 4.98 Å². The van der Waals surface area contributed by atoms with Crippen molar-refractivity contribution in [3.05, 3.63) is 11.4 Å². The largest absolute Gasteiger partial charge is 0.481 e. The van der Waals surface area contributed by atoms with Crippen LogP contribution in [0, 0.1) is 5.41 Å². The van der Waals surface area contributed by atoms with Crippen LogP contribution < -0.4 is 5.32 Å². The van der Waals surface area contributed by atoms with E-state index in [4.69, 9.17) is 5.11 Å². The van der Waals surface area contributed by atoms with Crippen molar-refractivity contribution in [1.29, 1.82) is 0 Å². The van der Waals surface area contributed by atoms with Crippen molar-refractivity contribution < 1.29 is 9.90 Å². The van der Waals surface area contributed by atoms with Crippen LogP contribution in [0.2, 0.25) is 0 Å². The molecule has 0 aliphatic carbocycles. The molecule has 118 valence electrons. The van der Waals surface area contributed by atoms with E-state index in [0.717, 1.165) is 30.7 Å². The Bertz CT molecular complexity index is 475. The molecule has 0 aliphatic rings. The fraction of sp³-hybridized carbons (Fsp3) is 0.733. The summed E-state index contributed by atoms with van der Waals surface area (Å²) in [7, 11) is 0. The van der Waals surface area contributed by atoms with Gasteiger partial charge in [-0.1, -0.05) is 27.7 Å². The first-order valence-corrected chi connectivity index (χ1v) is 7.56. The van der Waals surface area contributed by atoms with Gasteiger partial charge in [0.2, 0.25) is 5.95 Å². The fourth-order valence-corrected chi connectivity index (χ4v) is 2.10. The maximum Gasteiger partial charge on any atom is 0.303 e. The number of aromatic nitrogens is 3. The van der Waals surface area contributed by atoms with E-state index in [2.05, 4.69) is 41.3 Å². The lowest BCUT2D eigenvalue weighted by molar-refractivity contribution is -0.137. The Morgan fingerprint density at radius 3 is 2.38 bits per heavy atom. The van der Waals surface area contributed by atoms with E-state index in [1.807, 2.05) is 6.92 Å². The molecule has 0 fully saturated rings. The van der Waals surface area contributed by atoms with E-state index in [-0.39, 0.29) is 11.8 Å². The molecule has 0 saturated heterocycles. The molecule has 2 N–H and O–H groups in total. The molecule has 0 atom stereocenters. The van der Waals surface area contributed by atoms with Crippen molar-refractivity contribution in [3.63, 3.8) is 0 Å². The Morgan fingerprint density at radius 2 is 1.81 bits per heavy atom. The van der Waals surface area contributed by atoms with Crippen LogP contribution in [0.3, 0.4) is 0 Å². The van der Waals surface area contributed by atoms with E-state index < -0.39 is 5.97 Å². The summed E-state index contributed by atoms with van der Waals surface area (Å²) in [6, 6.07) is 0. The molecule has 1 rings (SSSR count). The minimum Gasteiger partial charge on any atom is -0.481 e. The average Bonchev–Trinajstić information content (AvgIpc) is 2.45. The molecule has 21 heavy (non-hydrogen) atoms. The first-order valence-electron chi connectivity index (χ1n) is 7.56. The number of nitrogens with one attached hydrogen (secondary N) is 1. The van der Waals surface area contributed by atoms with Gasteiger partial charge in [-0.05, 0) is 31.1 Å². The molecule has 0 unspecified atom stereocenters. The van der Waals surface area contributed by atoms with Crippen molar-refractivity contribution in [3.8, 4) is 0 Å². The van der Waals surface area contributed by atoms with E-state index >= 15 is 0 Å². The SMILES string of the molecule is CCc1nnc(NCCC(C)(C)CCC(=O)O)nc1CC. The highest BCUT2D eigenvalue weighted by molar-refractivity contribution is 5.66. The molecule has 6 nitrogen and oxygen atoms in total. The van der Waals surface area contributed by atoms with E-state index in [9.17, 15) is 4.79 Å². The van der Waals surface area contributed by atoms with E-state index in [0.29, 0.717) is 18.9 Å². The third-order valence-corrected chi connectivity index (χ3v) is 3.61. The smallest absolute Gasteiger partial charge is 0.303 e. The number of carboxylic acid groups (broad SMARTS) is 1. The van der Waals surface area contributed by atoms with Crippen molar-refractivity contribution in [1.82, 2.24) is 15.2 Å². The topological polar surface area (TPSA) is 88.0 Å². The summed E-state index contributed by atoms with van der Waals surface area (Å²) in [5.74, 6) is -0.190. The Balaban J connectivity index is 2.50. The van der Waals surface area contributed by atoms with Crippen LogP contribution in [0.5, 0.6) is 0 Å². The average molecular weight is 294 g/mol. The number of carboxylic acids is 1. The number of aryl methyl sites for hydroxylation is 2. The summed E-state index contributed by atoms with van der Waals surface area (Å²) in [6.45, 7) is 8.97. The highest BCUT2D eigenvalue weighted by Gasteiger charge is 2.19. The molecular weight excluding hydrogens is 268 g/mol. The summed E-state index contributed by atoms with van der Waals surface area (Å²) in [5, 5.41) is 20.2. The Hall–Kier alpha value is -1.72. The molecule has 0 aromatic carbocycles. The zero-order chi connectivity index (χ0) is 15.9. The lowest BCUT2D eigenvalue weighted by Gasteiger charge is -2.23. The quantitative estimate of drug-likeness (QED) is 0.728. The van der Waals surface area contributed by atoms with E-state index in [1.54, 1.807) is 0 Å². The highest BCUT2D eigenvalue weighted by atomic mass is 16.4. The van der Waals surface area contributed by atoms with Gasteiger partial charge >= 0.3 is 5.97 Å². The molecule has 0 radical (unpaired) electrons. The van der Waals surface area contributed by atoms with Gasteiger partial charge in [0, 0.05) is 13.0 Å². The standard InChI is InChI=1S/C15H26N4O2/c1-5-11-12(6-2)18-19-14(17-11)16-10-9-15(3,4)8-7-13(20)21/h5-10H2,1-4H3,(H,20,21)(H,16,17,19). The van der Waals surface area contributed by atoms with Crippen LogP contribution in [-0.2, 0) is 17.6 Å². The third-order valence-electron chi connectivity index (χ3n) is 3.61. The highest BCUT2D eigenvalue weighted by Crippen LogP contribution is 2.26. The van der Waals surface area contributed by atoms with Gasteiger partial charge < -0.3 is 10.4 Å². The number of hydrogen-bond acceptors (Lipinski definition) is 5. The van der Waals surface area contributed by atoms with Gasteiger partial charge in [-0.15, -0.1) is 5.10 Å². The minimum atomic E-state index is -0.744. The van der Waals surface area contributed by atoms with Crippen molar-refractivity contribution in [2.45, 2.75) is 59.8 Å². The second-order valence-electron chi connectivity index (χ2n) is 5.97. The van der Waals surface area contributed by atoms with Gasteiger partial charge in [0.05, 0.1) is 11.4 Å². The molecule has 0 bridgehead atoms. The van der Waals surface area contributed by atoms with Crippen molar-refractivity contribution in [2.24, 2.45) is 5.41 Å². The van der Waals surface area contributed by atoms with Gasteiger partial charge in [-0.2, -0.15) is 5.10 Å². The van der Waals surface area contributed by atoms with Gasteiger partial charge in [0.25, 0.3) is 0 Å². The molecule has 1 heterocycles. The third kappa shape index (κ3) is 6.06. The number of nitrogens with zero attached hydrogens (tertiary/aromatic N) is 3. The molecule has 0 spiro atoms. The summed E-state index contributed by atoms with van der Waals surface area (Å²) in [5.41, 5.74) is 1.92. The predicted octanol–water partition coefficient (Wildman–Crippen LogP) is 2.69. The lowest BCUT2D eigenvalue weighted by atomic mass is 9.84. The predicted molar refractivity (Wildman–Crippen MR) is 82.3 cm³/mol. The summed E-state index contributed by atoms with van der Waals surface area (Å²) in [4.78, 5) is 15.1. The van der Waals surface area contributed by atoms with Crippen LogP contribution in [0.25, 0.3) is 0 Å². The van der Waals surface area contributed by atoms with Crippen LogP contribution >= 0.6 is 0 Å². The number of carbonyl (C=O) groups is 1. The second-order valence-corrected chi connectivity index (χ2v) is 5.97. The van der Waals surface area contributed by atoms with E-state index in [1.165, 1.54) is 0 Å².